The van der Waals surface area contributed by atoms with Crippen LogP contribution in [-0.4, -0.2) is 34.3 Å². The normalized spacial score (nSPS) is 28.3. The molecule has 2 aliphatic rings. The Hall–Kier alpha value is -1.32. The maximum Gasteiger partial charge on any atom is 0.249 e. The molecule has 2 atom stereocenters. The van der Waals surface area contributed by atoms with Crippen molar-refractivity contribution in [2.45, 2.75) is 63.6 Å². The predicted molar refractivity (Wildman–Crippen MR) is 69.9 cm³/mol. The Bertz CT molecular complexity index is 372. The van der Waals surface area contributed by atoms with Crippen LogP contribution in [0.4, 0.5) is 0 Å². The van der Waals surface area contributed by atoms with Gasteiger partial charge in [-0.25, -0.2) is 0 Å². The quantitative estimate of drug-likeness (QED) is 0.774. The van der Waals surface area contributed by atoms with Crippen molar-refractivity contribution >= 4 is 11.8 Å². The van der Waals surface area contributed by atoms with Crippen molar-refractivity contribution in [3.8, 4) is 0 Å². The van der Waals surface area contributed by atoms with E-state index in [4.69, 9.17) is 0 Å². The van der Waals surface area contributed by atoms with Gasteiger partial charge in [-0.1, -0.05) is 25.8 Å². The second kappa shape index (κ2) is 4.75. The molecule has 2 amide bonds. The van der Waals surface area contributed by atoms with E-state index < -0.39 is 5.54 Å². The molecule has 2 fully saturated rings. The van der Waals surface area contributed by atoms with Crippen LogP contribution in [0, 0.1) is 0 Å². The van der Waals surface area contributed by atoms with Gasteiger partial charge in [-0.3, -0.25) is 9.59 Å². The van der Waals surface area contributed by atoms with Gasteiger partial charge in [-0.15, -0.1) is 6.58 Å². The molecule has 1 spiro atoms. The van der Waals surface area contributed by atoms with Crippen LogP contribution in [0.15, 0.2) is 12.7 Å². The highest BCUT2D eigenvalue weighted by molar-refractivity contribution is 6.00. The summed E-state index contributed by atoms with van der Waals surface area (Å²) in [6, 6.07) is -0.442. The highest BCUT2D eigenvalue weighted by atomic mass is 16.2. The van der Waals surface area contributed by atoms with Gasteiger partial charge < -0.3 is 10.2 Å². The van der Waals surface area contributed by atoms with Crippen molar-refractivity contribution in [1.82, 2.24) is 10.2 Å². The lowest BCUT2D eigenvalue weighted by Crippen LogP contribution is -2.70. The average molecular weight is 250 g/mol. The lowest BCUT2D eigenvalue weighted by molar-refractivity contribution is -0.156. The van der Waals surface area contributed by atoms with Crippen molar-refractivity contribution in [2.24, 2.45) is 0 Å². The molecule has 4 nitrogen and oxygen atoms in total. The van der Waals surface area contributed by atoms with Crippen molar-refractivity contribution in [3.05, 3.63) is 12.7 Å². The van der Waals surface area contributed by atoms with E-state index in [-0.39, 0.29) is 23.9 Å². The van der Waals surface area contributed by atoms with Gasteiger partial charge in [0.05, 0.1) is 0 Å². The second-order valence-corrected chi connectivity index (χ2v) is 5.39. The van der Waals surface area contributed by atoms with Gasteiger partial charge in [0.1, 0.15) is 11.6 Å². The van der Waals surface area contributed by atoms with E-state index in [2.05, 4.69) is 11.9 Å². The lowest BCUT2D eigenvalue weighted by atomic mass is 9.89. The molecule has 1 saturated heterocycles. The highest BCUT2D eigenvalue weighted by Crippen LogP contribution is 2.35. The maximum absolute atomic E-state index is 12.7. The molecule has 1 heterocycles. The molecule has 0 aromatic carbocycles. The summed E-state index contributed by atoms with van der Waals surface area (Å²) in [5.74, 6) is 0.0755. The Balaban J connectivity index is 2.35. The molecule has 1 aliphatic carbocycles. The topological polar surface area (TPSA) is 49.4 Å². The van der Waals surface area contributed by atoms with Crippen molar-refractivity contribution in [2.75, 3.05) is 0 Å². The molecule has 1 N–H and O–H groups in total. The van der Waals surface area contributed by atoms with E-state index in [1.165, 1.54) is 0 Å². The fourth-order valence-electron chi connectivity index (χ4n) is 3.17. The van der Waals surface area contributed by atoms with Crippen LogP contribution in [0.2, 0.25) is 0 Å². The van der Waals surface area contributed by atoms with Gasteiger partial charge >= 0.3 is 0 Å². The summed E-state index contributed by atoms with van der Waals surface area (Å²) in [6.07, 6.45) is 5.95. The van der Waals surface area contributed by atoms with Gasteiger partial charge in [0.25, 0.3) is 0 Å². The van der Waals surface area contributed by atoms with Crippen molar-refractivity contribution in [3.63, 3.8) is 0 Å². The van der Waals surface area contributed by atoms with Gasteiger partial charge in [0.15, 0.2) is 0 Å². The second-order valence-electron chi connectivity index (χ2n) is 5.39. The first-order chi connectivity index (χ1) is 8.55. The minimum absolute atomic E-state index is 0.00676. The third kappa shape index (κ3) is 1.84. The molecule has 100 valence electrons. The largest absolute Gasteiger partial charge is 0.340 e. The van der Waals surface area contributed by atoms with E-state index >= 15 is 0 Å². The van der Waals surface area contributed by atoms with Crippen LogP contribution in [-0.2, 0) is 9.59 Å². The SMILES string of the molecule is C=CC(C)N1C(=O)C2(CCCC2)NC(=O)C1CC. The summed E-state index contributed by atoms with van der Waals surface area (Å²) in [4.78, 5) is 26.7. The summed E-state index contributed by atoms with van der Waals surface area (Å²) in [5.41, 5.74) is -0.625. The number of nitrogens with zero attached hydrogens (tertiary/aromatic N) is 1. The molecule has 0 aromatic heterocycles. The Morgan fingerprint density at radius 2 is 2.11 bits per heavy atom. The smallest absolute Gasteiger partial charge is 0.249 e. The van der Waals surface area contributed by atoms with E-state index in [0.29, 0.717) is 6.42 Å². The molecule has 0 aromatic rings. The molecule has 4 heteroatoms. The first-order valence-electron chi connectivity index (χ1n) is 6.83. The van der Waals surface area contributed by atoms with E-state index in [9.17, 15) is 9.59 Å². The van der Waals surface area contributed by atoms with Gasteiger partial charge in [0, 0.05) is 6.04 Å². The number of carbonyl (C=O) groups excluding carboxylic acids is 2. The zero-order chi connectivity index (χ0) is 13.3. The van der Waals surface area contributed by atoms with Crippen LogP contribution in [0.5, 0.6) is 0 Å². The number of hydrogen-bond acceptors (Lipinski definition) is 2. The molecule has 0 bridgehead atoms. The van der Waals surface area contributed by atoms with Gasteiger partial charge in [0.2, 0.25) is 11.8 Å². The van der Waals surface area contributed by atoms with Crippen LogP contribution in [0.25, 0.3) is 0 Å². The molecular weight excluding hydrogens is 228 g/mol. The molecule has 2 rings (SSSR count). The molecule has 0 radical (unpaired) electrons. The Labute approximate surface area is 108 Å². The summed E-state index contributed by atoms with van der Waals surface area (Å²) in [7, 11) is 0. The maximum atomic E-state index is 12.7. The van der Waals surface area contributed by atoms with Crippen LogP contribution in [0.1, 0.15) is 46.0 Å². The van der Waals surface area contributed by atoms with Gasteiger partial charge in [-0.2, -0.15) is 0 Å². The zero-order valence-electron chi connectivity index (χ0n) is 11.2. The minimum Gasteiger partial charge on any atom is -0.340 e. The summed E-state index contributed by atoms with van der Waals surface area (Å²) >= 11 is 0. The van der Waals surface area contributed by atoms with E-state index in [0.717, 1.165) is 25.7 Å². The minimum atomic E-state index is -0.625. The van der Waals surface area contributed by atoms with Gasteiger partial charge in [-0.05, 0) is 26.2 Å². The summed E-state index contributed by atoms with van der Waals surface area (Å²) in [6.45, 7) is 7.62. The van der Waals surface area contributed by atoms with E-state index in [1.54, 1.807) is 11.0 Å². The van der Waals surface area contributed by atoms with Crippen LogP contribution >= 0.6 is 0 Å². The Morgan fingerprint density at radius 3 is 2.61 bits per heavy atom. The number of amides is 2. The molecule has 1 saturated carbocycles. The fraction of sp³-hybridized carbons (Fsp3) is 0.714. The van der Waals surface area contributed by atoms with Crippen molar-refractivity contribution < 1.29 is 9.59 Å². The molecule has 1 aliphatic heterocycles. The Kier molecular flexibility index (Phi) is 3.46. The highest BCUT2D eigenvalue weighted by Gasteiger charge is 2.52. The molecule has 18 heavy (non-hydrogen) atoms. The molecular formula is C14H22N2O2. The summed E-state index contributed by atoms with van der Waals surface area (Å²) < 4.78 is 0. The number of rotatable bonds is 3. The van der Waals surface area contributed by atoms with Crippen molar-refractivity contribution in [1.29, 1.82) is 0 Å². The third-order valence-corrected chi connectivity index (χ3v) is 4.27. The predicted octanol–water partition coefficient (Wildman–Crippen LogP) is 1.61. The standard InChI is InChI=1S/C14H22N2O2/c1-4-10(3)16-11(5-2)12(17)15-14(13(16)18)8-6-7-9-14/h4,10-11H,1,5-9H2,2-3H3,(H,15,17). The Morgan fingerprint density at radius 1 is 1.50 bits per heavy atom. The number of hydrogen-bond donors (Lipinski definition) is 1. The third-order valence-electron chi connectivity index (χ3n) is 4.27. The number of nitrogens with one attached hydrogen (secondary N) is 1. The van der Waals surface area contributed by atoms with Crippen LogP contribution < -0.4 is 5.32 Å². The first-order valence-corrected chi connectivity index (χ1v) is 6.83. The monoisotopic (exact) mass is 250 g/mol. The zero-order valence-corrected chi connectivity index (χ0v) is 11.2. The summed E-state index contributed by atoms with van der Waals surface area (Å²) in [5, 5.41) is 2.99. The molecule has 2 unspecified atom stereocenters. The first kappa shape index (κ1) is 13.1. The fourth-order valence-corrected chi connectivity index (χ4v) is 3.17. The van der Waals surface area contributed by atoms with E-state index in [1.807, 2.05) is 13.8 Å². The number of carbonyl (C=O) groups is 2. The number of piperazine rings is 1. The average Bonchev–Trinajstić information content (AvgIpc) is 2.82. The lowest BCUT2D eigenvalue weighted by Gasteiger charge is -2.46. The van der Waals surface area contributed by atoms with Crippen LogP contribution in [0.3, 0.4) is 0 Å².